The van der Waals surface area contributed by atoms with Crippen molar-refractivity contribution in [2.75, 3.05) is 31.1 Å². The summed E-state index contributed by atoms with van der Waals surface area (Å²) >= 11 is 0. The number of piperazine rings is 1. The van der Waals surface area contributed by atoms with Gasteiger partial charge in [0.2, 0.25) is 11.6 Å². The van der Waals surface area contributed by atoms with Gasteiger partial charge in [-0.05, 0) is 22.8 Å². The van der Waals surface area contributed by atoms with Crippen LogP contribution in [0.1, 0.15) is 5.56 Å². The Bertz CT molecular complexity index is 1260. The van der Waals surface area contributed by atoms with E-state index in [9.17, 15) is 0 Å². The smallest absolute Gasteiger partial charge is 0.226 e. The molecule has 0 spiro atoms. The zero-order chi connectivity index (χ0) is 22.6. The summed E-state index contributed by atoms with van der Waals surface area (Å²) in [5.74, 6) is 0.935. The Kier molecular flexibility index (Phi) is 5.83. The molecule has 0 N–H and O–H groups in total. The molecule has 0 unspecified atom stereocenters. The van der Waals surface area contributed by atoms with Gasteiger partial charge in [-0.3, -0.25) is 9.88 Å². The predicted octanol–water partition coefficient (Wildman–Crippen LogP) is 4.42. The predicted molar refractivity (Wildman–Crippen MR) is 130 cm³/mol. The molecule has 1 fully saturated rings. The fourth-order valence-electron chi connectivity index (χ4n) is 4.28. The molecule has 0 saturated carbocycles. The third-order valence-electron chi connectivity index (χ3n) is 6.06. The molecule has 3 heterocycles. The van der Waals surface area contributed by atoms with Crippen molar-refractivity contribution in [3.8, 4) is 22.4 Å². The first-order chi connectivity index (χ1) is 16.2. The van der Waals surface area contributed by atoms with E-state index >= 15 is 0 Å². The number of aryl methyl sites for hydroxylation is 1. The first-order valence-electron chi connectivity index (χ1n) is 11.0. The van der Waals surface area contributed by atoms with Crippen molar-refractivity contribution in [1.82, 2.24) is 24.6 Å². The molecule has 7 nitrogen and oxygen atoms in total. The molecule has 2 aromatic carbocycles. The zero-order valence-electron chi connectivity index (χ0n) is 18.6. The van der Waals surface area contributed by atoms with Crippen LogP contribution in [-0.4, -0.2) is 50.8 Å². The largest absolute Gasteiger partial charge is 0.338 e. The van der Waals surface area contributed by atoms with Crippen LogP contribution in [0.2, 0.25) is 0 Å². The first-order valence-corrected chi connectivity index (χ1v) is 11.0. The van der Waals surface area contributed by atoms with Crippen LogP contribution in [0, 0.1) is 6.57 Å². The molecule has 1 aliphatic rings. The van der Waals surface area contributed by atoms with Gasteiger partial charge in [-0.1, -0.05) is 54.6 Å². The van der Waals surface area contributed by atoms with Crippen LogP contribution in [0.3, 0.4) is 0 Å². The van der Waals surface area contributed by atoms with Crippen molar-refractivity contribution >= 4 is 11.6 Å². The second-order valence-corrected chi connectivity index (χ2v) is 8.27. The van der Waals surface area contributed by atoms with Gasteiger partial charge in [0, 0.05) is 51.5 Å². The second kappa shape index (κ2) is 9.23. The van der Waals surface area contributed by atoms with E-state index in [1.54, 1.807) is 12.5 Å². The third-order valence-corrected chi connectivity index (χ3v) is 6.06. The summed E-state index contributed by atoms with van der Waals surface area (Å²) in [5, 5.41) is 8.21. The molecule has 164 valence electrons. The van der Waals surface area contributed by atoms with Crippen molar-refractivity contribution in [2.45, 2.75) is 6.54 Å². The van der Waals surface area contributed by atoms with Gasteiger partial charge in [-0.15, -0.1) is 10.2 Å². The highest BCUT2D eigenvalue weighted by Crippen LogP contribution is 2.33. The Morgan fingerprint density at radius 2 is 1.70 bits per heavy atom. The lowest BCUT2D eigenvalue weighted by Crippen LogP contribution is -2.46. The molecule has 1 aliphatic heterocycles. The van der Waals surface area contributed by atoms with Crippen molar-refractivity contribution in [3.63, 3.8) is 0 Å². The number of hydrogen-bond donors (Lipinski definition) is 0. The lowest BCUT2D eigenvalue weighted by Gasteiger charge is -2.34. The Hall–Kier alpha value is -4.02. The van der Waals surface area contributed by atoms with Crippen molar-refractivity contribution < 1.29 is 0 Å². The minimum atomic E-state index is 0.551. The van der Waals surface area contributed by atoms with Gasteiger partial charge >= 0.3 is 0 Å². The molecule has 0 amide bonds. The summed E-state index contributed by atoms with van der Waals surface area (Å²) < 4.78 is 1.97. The maximum Gasteiger partial charge on any atom is 0.226 e. The quantitative estimate of drug-likeness (QED) is 0.435. The van der Waals surface area contributed by atoms with Crippen LogP contribution in [0.15, 0.2) is 73.2 Å². The van der Waals surface area contributed by atoms with E-state index < -0.39 is 0 Å². The molecular formula is C26H25N7. The van der Waals surface area contributed by atoms with E-state index in [4.69, 9.17) is 6.57 Å². The lowest BCUT2D eigenvalue weighted by atomic mass is 9.98. The Morgan fingerprint density at radius 1 is 0.939 bits per heavy atom. The molecule has 5 rings (SSSR count). The van der Waals surface area contributed by atoms with Crippen molar-refractivity contribution in [1.29, 1.82) is 0 Å². The van der Waals surface area contributed by atoms with Gasteiger partial charge in [-0.25, -0.2) is 4.85 Å². The minimum absolute atomic E-state index is 0.551. The molecule has 4 aromatic rings. The monoisotopic (exact) mass is 435 g/mol. The van der Waals surface area contributed by atoms with Gasteiger partial charge in [0.05, 0.1) is 12.3 Å². The molecular weight excluding hydrogens is 410 g/mol. The topological polar surface area (TPSA) is 54.4 Å². The summed E-state index contributed by atoms with van der Waals surface area (Å²) in [5.41, 5.74) is 5.84. The summed E-state index contributed by atoms with van der Waals surface area (Å²) in [4.78, 5) is 13.0. The third kappa shape index (κ3) is 4.47. The van der Waals surface area contributed by atoms with E-state index in [0.29, 0.717) is 5.69 Å². The molecule has 0 radical (unpaired) electrons. The van der Waals surface area contributed by atoms with Crippen LogP contribution >= 0.6 is 0 Å². The average molecular weight is 436 g/mol. The Balaban J connectivity index is 1.30. The van der Waals surface area contributed by atoms with Crippen LogP contribution < -0.4 is 4.90 Å². The summed E-state index contributed by atoms with van der Waals surface area (Å²) in [6.45, 7) is 12.2. The number of pyridine rings is 1. The van der Waals surface area contributed by atoms with E-state index in [1.807, 2.05) is 35.9 Å². The molecule has 7 heteroatoms. The molecule has 1 saturated heterocycles. The maximum absolute atomic E-state index is 7.36. The van der Waals surface area contributed by atoms with Gasteiger partial charge in [0.15, 0.2) is 0 Å². The maximum atomic E-state index is 7.36. The first kappa shape index (κ1) is 20.9. The van der Waals surface area contributed by atoms with Crippen LogP contribution in [-0.2, 0) is 13.6 Å². The second-order valence-electron chi connectivity index (χ2n) is 8.27. The minimum Gasteiger partial charge on any atom is -0.338 e. The Morgan fingerprint density at radius 3 is 2.36 bits per heavy atom. The number of nitrogens with zero attached hydrogens (tertiary/aromatic N) is 7. The lowest BCUT2D eigenvalue weighted by molar-refractivity contribution is 0.248. The molecule has 0 aliphatic carbocycles. The van der Waals surface area contributed by atoms with Crippen LogP contribution in [0.4, 0.5) is 11.6 Å². The highest BCUT2D eigenvalue weighted by atomic mass is 15.4. The zero-order valence-corrected chi connectivity index (χ0v) is 18.6. The van der Waals surface area contributed by atoms with Crippen molar-refractivity contribution in [2.24, 2.45) is 7.05 Å². The molecule has 2 aromatic heterocycles. The summed E-state index contributed by atoms with van der Waals surface area (Å²) in [7, 11) is 1.98. The number of benzene rings is 2. The standard InChI is InChI=1S/C26H25N7/c1-27-23-16-24(21-6-4-3-5-7-21)25(28-17-23)22-10-8-20(9-11-22)18-32-12-14-33(15-13-32)26-30-29-19-31(26)2/h3-11,16-17,19H,12-15,18H2,2H3. The average Bonchev–Trinajstić information content (AvgIpc) is 3.31. The SMILES string of the molecule is [C-]#[N+]c1cnc(-c2ccc(CN3CCN(c4nncn4C)CC3)cc2)c(-c2ccccc2)c1. The molecule has 0 bridgehead atoms. The number of aromatic nitrogens is 4. The van der Waals surface area contributed by atoms with E-state index in [-0.39, 0.29) is 0 Å². The van der Waals surface area contributed by atoms with Crippen LogP contribution in [0.25, 0.3) is 27.2 Å². The highest BCUT2D eigenvalue weighted by molar-refractivity contribution is 5.83. The van der Waals surface area contributed by atoms with Crippen molar-refractivity contribution in [3.05, 3.63) is 90.2 Å². The van der Waals surface area contributed by atoms with E-state index in [0.717, 1.165) is 61.1 Å². The van der Waals surface area contributed by atoms with Gasteiger partial charge in [0.25, 0.3) is 0 Å². The summed E-state index contributed by atoms with van der Waals surface area (Å²) in [6.07, 6.45) is 3.40. The fraction of sp³-hybridized carbons (Fsp3) is 0.231. The van der Waals surface area contributed by atoms with Gasteiger partial charge in [0.1, 0.15) is 6.33 Å². The number of rotatable bonds is 5. The normalized spacial score (nSPS) is 14.2. The molecule has 33 heavy (non-hydrogen) atoms. The Labute approximate surface area is 193 Å². The van der Waals surface area contributed by atoms with E-state index in [2.05, 4.69) is 66.2 Å². The van der Waals surface area contributed by atoms with Gasteiger partial charge < -0.3 is 9.47 Å². The molecule has 0 atom stereocenters. The van der Waals surface area contributed by atoms with Crippen LogP contribution in [0.5, 0.6) is 0 Å². The fourth-order valence-corrected chi connectivity index (χ4v) is 4.28. The van der Waals surface area contributed by atoms with E-state index in [1.165, 1.54) is 5.56 Å². The highest BCUT2D eigenvalue weighted by Gasteiger charge is 2.20. The summed E-state index contributed by atoms with van der Waals surface area (Å²) in [6, 6.07) is 20.7. The number of hydrogen-bond acceptors (Lipinski definition) is 5. The number of anilines is 1. The van der Waals surface area contributed by atoms with Gasteiger partial charge in [-0.2, -0.15) is 0 Å².